The summed E-state index contributed by atoms with van der Waals surface area (Å²) in [4.78, 5) is 0.180. The molecule has 0 aliphatic rings. The third-order valence-electron chi connectivity index (χ3n) is 3.61. The van der Waals surface area contributed by atoms with Gasteiger partial charge in [0.15, 0.2) is 11.5 Å². The van der Waals surface area contributed by atoms with Crippen LogP contribution in [0, 0.1) is 5.41 Å². The Morgan fingerprint density at radius 2 is 1.63 bits per heavy atom. The molecule has 0 spiro atoms. The lowest BCUT2D eigenvalue weighted by Gasteiger charge is -2.31. The second-order valence-electron chi connectivity index (χ2n) is 5.13. The van der Waals surface area contributed by atoms with E-state index in [1.807, 2.05) is 12.1 Å². The van der Waals surface area contributed by atoms with Crippen LogP contribution < -0.4 is 14.2 Å². The number of alkyl halides is 1. The van der Waals surface area contributed by atoms with Crippen LogP contribution >= 0.6 is 15.9 Å². The number of hydrogen-bond acceptors (Lipinski definition) is 3. The Kier molecular flexibility index (Phi) is 5.53. The molecule has 3 nitrogen and oxygen atoms in total. The van der Waals surface area contributed by atoms with Gasteiger partial charge in [0.05, 0.1) is 21.3 Å². The van der Waals surface area contributed by atoms with Gasteiger partial charge in [-0.3, -0.25) is 0 Å². The van der Waals surface area contributed by atoms with Crippen LogP contribution in [-0.4, -0.2) is 21.3 Å². The number of ether oxygens (including phenoxy) is 3. The van der Waals surface area contributed by atoms with Crippen molar-refractivity contribution in [1.29, 1.82) is 0 Å². The summed E-state index contributed by atoms with van der Waals surface area (Å²) in [6.07, 6.45) is 1.06. The van der Waals surface area contributed by atoms with Gasteiger partial charge in [-0.05, 0) is 17.9 Å². The highest BCUT2D eigenvalue weighted by Crippen LogP contribution is 2.50. The summed E-state index contributed by atoms with van der Waals surface area (Å²) in [5, 5.41) is 0. The normalized spacial score (nSPS) is 13.0. The van der Waals surface area contributed by atoms with E-state index in [9.17, 15) is 0 Å². The predicted molar refractivity (Wildman–Crippen MR) is 81.8 cm³/mol. The minimum Gasteiger partial charge on any atom is -0.493 e. The Morgan fingerprint density at radius 1 is 1.05 bits per heavy atom. The summed E-state index contributed by atoms with van der Waals surface area (Å²) in [5.74, 6) is 2.04. The highest BCUT2D eigenvalue weighted by molar-refractivity contribution is 9.09. The van der Waals surface area contributed by atoms with Crippen LogP contribution in [0.3, 0.4) is 0 Å². The first-order valence-electron chi connectivity index (χ1n) is 6.35. The third kappa shape index (κ3) is 3.16. The Balaban J connectivity index is 3.36. The zero-order valence-electron chi connectivity index (χ0n) is 12.5. The summed E-state index contributed by atoms with van der Waals surface area (Å²) in [7, 11) is 4.90. The van der Waals surface area contributed by atoms with Crippen molar-refractivity contribution >= 4 is 15.9 Å². The lowest BCUT2D eigenvalue weighted by Crippen LogP contribution is -2.17. The van der Waals surface area contributed by atoms with Crippen LogP contribution in [0.2, 0.25) is 0 Å². The number of benzene rings is 1. The Labute approximate surface area is 124 Å². The monoisotopic (exact) mass is 330 g/mol. The zero-order valence-corrected chi connectivity index (χ0v) is 14.1. The first-order chi connectivity index (χ1) is 8.92. The fourth-order valence-corrected chi connectivity index (χ4v) is 2.61. The molecule has 0 amide bonds. The second-order valence-corrected chi connectivity index (χ2v) is 6.04. The molecule has 0 heterocycles. The largest absolute Gasteiger partial charge is 0.493 e. The van der Waals surface area contributed by atoms with Crippen molar-refractivity contribution in [3.05, 3.63) is 17.7 Å². The number of rotatable bonds is 6. The van der Waals surface area contributed by atoms with Crippen LogP contribution in [0.15, 0.2) is 12.1 Å². The minimum absolute atomic E-state index is 0.118. The van der Waals surface area contributed by atoms with Crippen molar-refractivity contribution < 1.29 is 14.2 Å². The van der Waals surface area contributed by atoms with Gasteiger partial charge in [-0.1, -0.05) is 42.8 Å². The summed E-state index contributed by atoms with van der Waals surface area (Å²) in [6, 6.07) is 3.94. The lowest BCUT2D eigenvalue weighted by molar-refractivity contribution is 0.309. The Bertz CT molecular complexity index is 430. The quantitative estimate of drug-likeness (QED) is 0.714. The summed E-state index contributed by atoms with van der Waals surface area (Å²) >= 11 is 3.79. The van der Waals surface area contributed by atoms with E-state index in [4.69, 9.17) is 14.2 Å². The standard InChI is InChI=1S/C15H23BrO3/c1-7-15(2,3)14(16)10-8-9-11(17-4)13(19-6)12(10)18-5/h8-9,14H,7H2,1-6H3. The maximum Gasteiger partial charge on any atom is 0.203 e. The van der Waals surface area contributed by atoms with Crippen LogP contribution in [0.1, 0.15) is 37.6 Å². The van der Waals surface area contributed by atoms with Crippen LogP contribution in [0.4, 0.5) is 0 Å². The molecule has 0 N–H and O–H groups in total. The molecule has 4 heteroatoms. The number of methoxy groups -OCH3 is 3. The Morgan fingerprint density at radius 3 is 2.05 bits per heavy atom. The van der Waals surface area contributed by atoms with E-state index >= 15 is 0 Å². The van der Waals surface area contributed by atoms with E-state index in [1.54, 1.807) is 21.3 Å². The maximum atomic E-state index is 5.54. The highest BCUT2D eigenvalue weighted by atomic mass is 79.9. The first kappa shape index (κ1) is 16.2. The maximum absolute atomic E-state index is 5.54. The average Bonchev–Trinajstić information content (AvgIpc) is 2.44. The number of hydrogen-bond donors (Lipinski definition) is 0. The van der Waals surface area contributed by atoms with Gasteiger partial charge >= 0.3 is 0 Å². The van der Waals surface area contributed by atoms with E-state index in [1.165, 1.54) is 0 Å². The topological polar surface area (TPSA) is 27.7 Å². The van der Waals surface area contributed by atoms with E-state index in [2.05, 4.69) is 36.7 Å². The fourth-order valence-electron chi connectivity index (χ4n) is 1.92. The van der Waals surface area contributed by atoms with Crippen molar-refractivity contribution in [3.63, 3.8) is 0 Å². The van der Waals surface area contributed by atoms with Crippen molar-refractivity contribution in [1.82, 2.24) is 0 Å². The van der Waals surface area contributed by atoms with E-state index in [-0.39, 0.29) is 10.2 Å². The average molecular weight is 331 g/mol. The van der Waals surface area contributed by atoms with Crippen LogP contribution in [0.5, 0.6) is 17.2 Å². The van der Waals surface area contributed by atoms with Crippen molar-refractivity contribution in [3.8, 4) is 17.2 Å². The van der Waals surface area contributed by atoms with Crippen molar-refractivity contribution in [2.75, 3.05) is 21.3 Å². The molecule has 1 aromatic carbocycles. The SMILES string of the molecule is CCC(C)(C)C(Br)c1ccc(OC)c(OC)c1OC. The van der Waals surface area contributed by atoms with Gasteiger partial charge in [0, 0.05) is 10.4 Å². The minimum atomic E-state index is 0.118. The van der Waals surface area contributed by atoms with E-state index in [0.29, 0.717) is 11.5 Å². The molecule has 0 radical (unpaired) electrons. The molecular formula is C15H23BrO3. The molecule has 0 saturated heterocycles. The van der Waals surface area contributed by atoms with Gasteiger partial charge in [0.25, 0.3) is 0 Å². The molecule has 0 bridgehead atoms. The smallest absolute Gasteiger partial charge is 0.203 e. The molecule has 1 aromatic rings. The van der Waals surface area contributed by atoms with Gasteiger partial charge in [-0.2, -0.15) is 0 Å². The summed E-state index contributed by atoms with van der Waals surface area (Å²) < 4.78 is 16.3. The molecule has 0 fully saturated rings. The first-order valence-corrected chi connectivity index (χ1v) is 7.27. The third-order valence-corrected chi connectivity index (χ3v) is 5.34. The van der Waals surface area contributed by atoms with Crippen LogP contribution in [0.25, 0.3) is 0 Å². The molecule has 1 unspecified atom stereocenters. The number of halogens is 1. The molecule has 0 saturated carbocycles. The fraction of sp³-hybridized carbons (Fsp3) is 0.600. The highest BCUT2D eigenvalue weighted by Gasteiger charge is 2.31. The molecule has 0 aromatic heterocycles. The van der Waals surface area contributed by atoms with Gasteiger partial charge in [0.1, 0.15) is 0 Å². The van der Waals surface area contributed by atoms with Crippen molar-refractivity contribution in [2.24, 2.45) is 5.41 Å². The predicted octanol–water partition coefficient (Wildman–Crippen LogP) is 4.58. The van der Waals surface area contributed by atoms with Crippen molar-refractivity contribution in [2.45, 2.75) is 32.0 Å². The lowest BCUT2D eigenvalue weighted by atomic mass is 9.83. The molecular weight excluding hydrogens is 308 g/mol. The molecule has 1 atom stereocenters. The zero-order chi connectivity index (χ0) is 14.6. The molecule has 108 valence electrons. The van der Waals surface area contributed by atoms with Gasteiger partial charge < -0.3 is 14.2 Å². The Hall–Kier alpha value is -0.900. The molecule has 0 aliphatic heterocycles. The van der Waals surface area contributed by atoms with E-state index in [0.717, 1.165) is 17.7 Å². The molecule has 0 aliphatic carbocycles. The summed E-state index contributed by atoms with van der Waals surface area (Å²) in [5.41, 5.74) is 1.19. The van der Waals surface area contributed by atoms with Gasteiger partial charge in [0.2, 0.25) is 5.75 Å². The van der Waals surface area contributed by atoms with Crippen LogP contribution in [-0.2, 0) is 0 Å². The molecule has 19 heavy (non-hydrogen) atoms. The second kappa shape index (κ2) is 6.51. The molecule has 1 rings (SSSR count). The summed E-state index contributed by atoms with van der Waals surface area (Å²) in [6.45, 7) is 6.63. The van der Waals surface area contributed by atoms with E-state index < -0.39 is 0 Å². The van der Waals surface area contributed by atoms with Gasteiger partial charge in [-0.15, -0.1) is 0 Å². The van der Waals surface area contributed by atoms with Gasteiger partial charge in [-0.25, -0.2) is 0 Å².